The highest BCUT2D eigenvalue weighted by molar-refractivity contribution is 6.05. The topological polar surface area (TPSA) is 88.2 Å². The lowest BCUT2D eigenvalue weighted by Gasteiger charge is -2.17. The van der Waals surface area contributed by atoms with Gasteiger partial charge in [0.05, 0.1) is 27.2 Å². The third kappa shape index (κ3) is 3.58. The molecule has 0 aromatic heterocycles. The van der Waals surface area contributed by atoms with Gasteiger partial charge in [0.2, 0.25) is 5.91 Å². The number of likely N-dealkylation sites (tertiary alicyclic amines) is 1. The molecule has 0 aliphatic carbocycles. The van der Waals surface area contributed by atoms with E-state index in [2.05, 4.69) is 5.32 Å². The molecule has 0 unspecified atom stereocenters. The highest BCUT2D eigenvalue weighted by Gasteiger charge is 2.39. The summed E-state index contributed by atoms with van der Waals surface area (Å²) in [6.45, 7) is 1.56. The molecule has 0 spiro atoms. The van der Waals surface area contributed by atoms with Crippen LogP contribution >= 0.6 is 0 Å². The van der Waals surface area contributed by atoms with Crippen LogP contribution in [-0.2, 0) is 16.1 Å². The number of nitrogens with zero attached hydrogens (tertiary/aromatic N) is 2. The summed E-state index contributed by atoms with van der Waals surface area (Å²) in [5.41, 5.74) is 0.734. The van der Waals surface area contributed by atoms with Crippen LogP contribution in [0.3, 0.4) is 0 Å². The first-order valence-corrected chi connectivity index (χ1v) is 8.64. The Bertz CT molecular complexity index is 715. The lowest BCUT2D eigenvalue weighted by atomic mass is 10.1. The number of ether oxygens (including phenoxy) is 2. The van der Waals surface area contributed by atoms with E-state index in [0.717, 1.165) is 36.4 Å². The largest absolute Gasteiger partial charge is 0.493 e. The van der Waals surface area contributed by atoms with Crippen LogP contribution in [0.4, 0.5) is 4.79 Å². The van der Waals surface area contributed by atoms with E-state index in [4.69, 9.17) is 9.47 Å². The summed E-state index contributed by atoms with van der Waals surface area (Å²) >= 11 is 0. The maximum absolute atomic E-state index is 12.6. The molecule has 1 aromatic rings. The monoisotopic (exact) mass is 361 g/mol. The number of rotatable bonds is 6. The Kier molecular flexibility index (Phi) is 5.29. The molecular formula is C18H23N3O5. The zero-order chi connectivity index (χ0) is 18.7. The fourth-order valence-electron chi connectivity index (χ4n) is 3.30. The third-order valence-electron chi connectivity index (χ3n) is 4.73. The van der Waals surface area contributed by atoms with Crippen molar-refractivity contribution in [3.05, 3.63) is 23.8 Å². The summed E-state index contributed by atoms with van der Waals surface area (Å²) in [7, 11) is 3.06. The van der Waals surface area contributed by atoms with Crippen molar-refractivity contribution < 1.29 is 23.9 Å². The van der Waals surface area contributed by atoms with Crippen LogP contribution in [0.1, 0.15) is 24.8 Å². The van der Waals surface area contributed by atoms with Gasteiger partial charge >= 0.3 is 6.03 Å². The summed E-state index contributed by atoms with van der Waals surface area (Å²) in [5, 5.41) is 2.61. The molecule has 2 fully saturated rings. The maximum Gasteiger partial charge on any atom is 0.325 e. The molecule has 0 saturated carbocycles. The van der Waals surface area contributed by atoms with Crippen molar-refractivity contribution in [1.29, 1.82) is 0 Å². The summed E-state index contributed by atoms with van der Waals surface area (Å²) in [6, 6.07) is 3.94. The first-order valence-electron chi connectivity index (χ1n) is 8.64. The second kappa shape index (κ2) is 7.63. The molecule has 8 nitrogen and oxygen atoms in total. The molecule has 3 rings (SSSR count). The highest BCUT2D eigenvalue weighted by Crippen LogP contribution is 2.28. The van der Waals surface area contributed by atoms with Crippen LogP contribution < -0.4 is 14.8 Å². The fourth-order valence-corrected chi connectivity index (χ4v) is 3.30. The van der Waals surface area contributed by atoms with Crippen LogP contribution in [0, 0.1) is 0 Å². The first kappa shape index (κ1) is 18.0. The van der Waals surface area contributed by atoms with Crippen LogP contribution in [0.2, 0.25) is 0 Å². The van der Waals surface area contributed by atoms with Crippen LogP contribution in [0.5, 0.6) is 11.5 Å². The number of urea groups is 1. The molecule has 8 heteroatoms. The van der Waals surface area contributed by atoms with Crippen molar-refractivity contribution in [2.75, 3.05) is 27.3 Å². The second-order valence-corrected chi connectivity index (χ2v) is 6.41. The van der Waals surface area contributed by atoms with Crippen molar-refractivity contribution in [2.24, 2.45) is 0 Å². The normalized spacial score (nSPS) is 19.7. The van der Waals surface area contributed by atoms with E-state index in [0.29, 0.717) is 11.5 Å². The summed E-state index contributed by atoms with van der Waals surface area (Å²) < 4.78 is 10.4. The van der Waals surface area contributed by atoms with Crippen molar-refractivity contribution in [2.45, 2.75) is 31.8 Å². The Balaban J connectivity index is 1.66. The number of amides is 4. The lowest BCUT2D eigenvalue weighted by molar-refractivity contribution is -0.135. The van der Waals surface area contributed by atoms with Gasteiger partial charge in [0.1, 0.15) is 6.04 Å². The van der Waals surface area contributed by atoms with Crippen molar-refractivity contribution in [3.63, 3.8) is 0 Å². The van der Waals surface area contributed by atoms with Gasteiger partial charge in [0.15, 0.2) is 11.5 Å². The molecule has 2 aliphatic rings. The van der Waals surface area contributed by atoms with Crippen molar-refractivity contribution >= 4 is 17.8 Å². The van der Waals surface area contributed by atoms with Crippen LogP contribution in [0.15, 0.2) is 18.2 Å². The lowest BCUT2D eigenvalue weighted by Crippen LogP contribution is -2.37. The van der Waals surface area contributed by atoms with E-state index in [-0.39, 0.29) is 24.8 Å². The second-order valence-electron chi connectivity index (χ2n) is 6.41. The molecule has 2 heterocycles. The number of carbonyl (C=O) groups is 3. The number of hydrogen-bond acceptors (Lipinski definition) is 5. The highest BCUT2D eigenvalue weighted by atomic mass is 16.5. The SMILES string of the molecule is COc1ccc(CN2C(=O)N[C@@H](CC(=O)N3CCCC3)C2=O)cc1OC. The van der Waals surface area contributed by atoms with Gasteiger partial charge in [-0.3, -0.25) is 14.5 Å². The minimum Gasteiger partial charge on any atom is -0.493 e. The zero-order valence-electron chi connectivity index (χ0n) is 15.0. The summed E-state index contributed by atoms with van der Waals surface area (Å²) in [5.74, 6) is 0.631. The molecule has 2 saturated heterocycles. The number of imide groups is 1. The van der Waals surface area contributed by atoms with Gasteiger partial charge in [-0.05, 0) is 30.5 Å². The molecule has 26 heavy (non-hydrogen) atoms. The average Bonchev–Trinajstić information content (AvgIpc) is 3.26. The molecule has 0 bridgehead atoms. The molecule has 4 amide bonds. The van der Waals surface area contributed by atoms with Gasteiger partial charge < -0.3 is 19.7 Å². The molecule has 1 N–H and O–H groups in total. The Morgan fingerprint density at radius 1 is 1.15 bits per heavy atom. The van der Waals surface area contributed by atoms with E-state index < -0.39 is 12.1 Å². The Morgan fingerprint density at radius 2 is 1.85 bits per heavy atom. The predicted octanol–water partition coefficient (Wildman–Crippen LogP) is 1.14. The Morgan fingerprint density at radius 3 is 2.50 bits per heavy atom. The number of hydrogen-bond donors (Lipinski definition) is 1. The molecule has 1 aromatic carbocycles. The van der Waals surface area contributed by atoms with E-state index >= 15 is 0 Å². The average molecular weight is 361 g/mol. The zero-order valence-corrected chi connectivity index (χ0v) is 15.0. The Hall–Kier alpha value is -2.77. The predicted molar refractivity (Wildman–Crippen MR) is 92.8 cm³/mol. The smallest absolute Gasteiger partial charge is 0.325 e. The number of benzene rings is 1. The summed E-state index contributed by atoms with van der Waals surface area (Å²) in [6.07, 6.45) is 1.98. The molecule has 1 atom stereocenters. The number of carbonyl (C=O) groups excluding carboxylic acids is 3. The quantitative estimate of drug-likeness (QED) is 0.768. The standard InChI is InChI=1S/C18H23N3O5/c1-25-14-6-5-12(9-15(14)26-2)11-21-17(23)13(19-18(21)24)10-16(22)20-7-3-4-8-20/h5-6,9,13H,3-4,7-8,10-11H2,1-2H3,(H,19,24)/t13-/m0/s1. The van der Waals surface area contributed by atoms with Gasteiger partial charge in [-0.15, -0.1) is 0 Å². The van der Waals surface area contributed by atoms with Gasteiger partial charge in [-0.1, -0.05) is 6.07 Å². The van der Waals surface area contributed by atoms with Crippen molar-refractivity contribution in [3.8, 4) is 11.5 Å². The fraction of sp³-hybridized carbons (Fsp3) is 0.500. The molecule has 2 aliphatic heterocycles. The number of nitrogens with one attached hydrogen (secondary N) is 1. The van der Waals surface area contributed by atoms with Crippen LogP contribution in [-0.4, -0.2) is 61.0 Å². The van der Waals surface area contributed by atoms with Crippen molar-refractivity contribution in [1.82, 2.24) is 15.1 Å². The minimum absolute atomic E-state index is 0.00695. The first-order chi connectivity index (χ1) is 12.5. The van der Waals surface area contributed by atoms with E-state index in [1.807, 2.05) is 0 Å². The van der Waals surface area contributed by atoms with Gasteiger partial charge in [0, 0.05) is 13.1 Å². The van der Waals surface area contributed by atoms with E-state index in [1.165, 1.54) is 14.2 Å². The third-order valence-corrected chi connectivity index (χ3v) is 4.73. The maximum atomic E-state index is 12.6. The van der Waals surface area contributed by atoms with Gasteiger partial charge in [-0.2, -0.15) is 0 Å². The summed E-state index contributed by atoms with van der Waals surface area (Å²) in [4.78, 5) is 39.9. The molecule has 140 valence electrons. The molecular weight excluding hydrogens is 338 g/mol. The Labute approximate surface area is 152 Å². The minimum atomic E-state index is -0.796. The number of methoxy groups -OCH3 is 2. The van der Waals surface area contributed by atoms with Crippen LogP contribution in [0.25, 0.3) is 0 Å². The van der Waals surface area contributed by atoms with Gasteiger partial charge in [-0.25, -0.2) is 4.79 Å². The van der Waals surface area contributed by atoms with E-state index in [1.54, 1.807) is 23.1 Å². The van der Waals surface area contributed by atoms with E-state index in [9.17, 15) is 14.4 Å². The van der Waals surface area contributed by atoms with Gasteiger partial charge in [0.25, 0.3) is 5.91 Å². The molecule has 0 radical (unpaired) electrons.